The number of nitrogens with zero attached hydrogens (tertiary/aromatic N) is 1. The average Bonchev–Trinajstić information content (AvgIpc) is 3.18. The van der Waals surface area contributed by atoms with Crippen molar-refractivity contribution in [3.8, 4) is 11.4 Å². The fraction of sp³-hybridized carbons (Fsp3) is 0.130. The minimum absolute atomic E-state index is 0.288. The van der Waals surface area contributed by atoms with E-state index in [1.165, 1.54) is 28.3 Å². The molecule has 0 aliphatic heterocycles. The number of aldehydes is 1. The Bertz CT molecular complexity index is 1230. The zero-order valence-corrected chi connectivity index (χ0v) is 17.0. The van der Waals surface area contributed by atoms with E-state index in [1.54, 1.807) is 12.1 Å². The highest BCUT2D eigenvalue weighted by Gasteiger charge is 2.31. The van der Waals surface area contributed by atoms with Gasteiger partial charge in [0, 0.05) is 18.0 Å². The van der Waals surface area contributed by atoms with Gasteiger partial charge in [0.25, 0.3) is 5.56 Å². The third kappa shape index (κ3) is 5.86. The summed E-state index contributed by atoms with van der Waals surface area (Å²) in [5, 5.41) is 3.71. The van der Waals surface area contributed by atoms with Gasteiger partial charge in [0.2, 0.25) is 0 Å². The van der Waals surface area contributed by atoms with Gasteiger partial charge in [0.15, 0.2) is 6.29 Å². The molecular weight excluding hydrogens is 423 g/mol. The summed E-state index contributed by atoms with van der Waals surface area (Å²) in [6.07, 6.45) is -4.17. The second kappa shape index (κ2) is 9.97. The molecule has 4 aromatic rings. The Morgan fingerprint density at radius 2 is 1.72 bits per heavy atom. The van der Waals surface area contributed by atoms with Crippen LogP contribution < -0.4 is 15.6 Å². The first kappa shape index (κ1) is 22.8. The number of carbonyl (C=O) groups excluding carboxylic acids is 1. The first-order valence-electron chi connectivity index (χ1n) is 9.55. The number of halogens is 3. The Hall–Kier alpha value is -3.85. The largest absolute Gasteiger partial charge is 0.573 e. The standard InChI is InChI=1S/C15H9F3N2O3.C8H11N/c16-15(17,18)23-12-4-2-11(3-5-12)20-13(22)6-1-9-7-10(8-21)19-14(9)20;1-9-7-8-5-3-2-4-6-8/h1-8,19H;2-6,9H,7H2,1H3. The van der Waals surface area contributed by atoms with Gasteiger partial charge in [-0.25, -0.2) is 0 Å². The number of hydrogen-bond acceptors (Lipinski definition) is 4. The number of alkyl halides is 3. The summed E-state index contributed by atoms with van der Waals surface area (Å²) in [4.78, 5) is 25.7. The highest BCUT2D eigenvalue weighted by atomic mass is 19.4. The molecule has 4 rings (SSSR count). The predicted molar refractivity (Wildman–Crippen MR) is 115 cm³/mol. The Morgan fingerprint density at radius 3 is 2.31 bits per heavy atom. The molecule has 0 spiro atoms. The van der Waals surface area contributed by atoms with E-state index in [0.717, 1.165) is 18.7 Å². The zero-order valence-electron chi connectivity index (χ0n) is 17.0. The molecule has 0 saturated heterocycles. The molecule has 0 fully saturated rings. The van der Waals surface area contributed by atoms with E-state index in [4.69, 9.17) is 0 Å². The van der Waals surface area contributed by atoms with Gasteiger partial charge in [-0.05, 0) is 49.0 Å². The van der Waals surface area contributed by atoms with E-state index in [0.29, 0.717) is 23.0 Å². The monoisotopic (exact) mass is 443 g/mol. The van der Waals surface area contributed by atoms with Crippen LogP contribution in [0.4, 0.5) is 13.2 Å². The molecule has 2 heterocycles. The second-order valence-electron chi connectivity index (χ2n) is 6.71. The quantitative estimate of drug-likeness (QED) is 0.448. The SMILES string of the molecule is CNCc1ccccc1.O=Cc1cc2ccc(=O)n(-c3ccc(OC(F)(F)F)cc3)c2[nH]1. The van der Waals surface area contributed by atoms with E-state index in [-0.39, 0.29) is 17.0 Å². The van der Waals surface area contributed by atoms with Crippen molar-refractivity contribution in [2.75, 3.05) is 7.05 Å². The third-order valence-corrected chi connectivity index (χ3v) is 4.38. The fourth-order valence-electron chi connectivity index (χ4n) is 3.06. The first-order valence-corrected chi connectivity index (χ1v) is 9.55. The van der Waals surface area contributed by atoms with Crippen molar-refractivity contribution in [1.82, 2.24) is 14.9 Å². The van der Waals surface area contributed by atoms with Crippen LogP contribution in [0.1, 0.15) is 16.1 Å². The summed E-state index contributed by atoms with van der Waals surface area (Å²) in [6.45, 7) is 0.959. The van der Waals surface area contributed by atoms with Crippen LogP contribution in [0, 0.1) is 0 Å². The van der Waals surface area contributed by atoms with Gasteiger partial charge >= 0.3 is 6.36 Å². The molecule has 2 aromatic carbocycles. The summed E-state index contributed by atoms with van der Waals surface area (Å²) in [7, 11) is 1.95. The molecule has 0 atom stereocenters. The van der Waals surface area contributed by atoms with Crippen molar-refractivity contribution in [3.05, 3.63) is 94.4 Å². The lowest BCUT2D eigenvalue weighted by atomic mass is 10.2. The second-order valence-corrected chi connectivity index (χ2v) is 6.71. The molecule has 2 aromatic heterocycles. The number of H-pyrrole nitrogens is 1. The van der Waals surface area contributed by atoms with E-state index in [1.807, 2.05) is 25.2 Å². The highest BCUT2D eigenvalue weighted by Crippen LogP contribution is 2.24. The number of rotatable bonds is 5. The maximum Gasteiger partial charge on any atom is 0.573 e. The summed E-state index contributed by atoms with van der Waals surface area (Å²) >= 11 is 0. The van der Waals surface area contributed by atoms with Gasteiger partial charge in [-0.1, -0.05) is 30.3 Å². The number of benzene rings is 2. The maximum absolute atomic E-state index is 12.2. The van der Waals surface area contributed by atoms with E-state index in [9.17, 15) is 22.8 Å². The van der Waals surface area contributed by atoms with E-state index >= 15 is 0 Å². The van der Waals surface area contributed by atoms with Crippen molar-refractivity contribution in [2.24, 2.45) is 0 Å². The van der Waals surface area contributed by atoms with Crippen LogP contribution in [0.3, 0.4) is 0 Å². The Kier molecular flexibility index (Phi) is 7.11. The lowest BCUT2D eigenvalue weighted by Crippen LogP contribution is -2.18. The summed E-state index contributed by atoms with van der Waals surface area (Å²) < 4.78 is 41.5. The predicted octanol–water partition coefficient (Wildman–Crippen LogP) is 4.44. The molecule has 2 N–H and O–H groups in total. The van der Waals surface area contributed by atoms with Crippen LogP contribution in [-0.2, 0) is 6.54 Å². The molecule has 0 unspecified atom stereocenters. The lowest BCUT2D eigenvalue weighted by molar-refractivity contribution is -0.274. The van der Waals surface area contributed by atoms with Gasteiger partial charge in [-0.2, -0.15) is 0 Å². The summed E-state index contributed by atoms with van der Waals surface area (Å²) in [6, 6.07) is 19.6. The Labute approximate surface area is 181 Å². The number of fused-ring (bicyclic) bond motifs is 1. The molecule has 0 saturated carbocycles. The summed E-state index contributed by atoms with van der Waals surface area (Å²) in [5.41, 5.74) is 1.95. The molecule has 0 aliphatic rings. The maximum atomic E-state index is 12.2. The molecule has 0 radical (unpaired) electrons. The minimum Gasteiger partial charge on any atom is -0.406 e. The van der Waals surface area contributed by atoms with Crippen LogP contribution >= 0.6 is 0 Å². The third-order valence-electron chi connectivity index (χ3n) is 4.38. The van der Waals surface area contributed by atoms with Crippen LogP contribution in [0.2, 0.25) is 0 Å². The van der Waals surface area contributed by atoms with Gasteiger partial charge in [0.05, 0.1) is 11.4 Å². The van der Waals surface area contributed by atoms with Gasteiger partial charge in [0.1, 0.15) is 11.4 Å². The average molecular weight is 443 g/mol. The first-order chi connectivity index (χ1) is 15.3. The van der Waals surface area contributed by atoms with E-state index < -0.39 is 6.36 Å². The smallest absolute Gasteiger partial charge is 0.406 e. The lowest BCUT2D eigenvalue weighted by Gasteiger charge is -2.11. The topological polar surface area (TPSA) is 76.1 Å². The van der Waals surface area contributed by atoms with Crippen LogP contribution in [-0.4, -0.2) is 29.2 Å². The number of pyridine rings is 1. The molecular formula is C23H20F3N3O3. The molecule has 0 aliphatic carbocycles. The van der Waals surface area contributed by atoms with Crippen LogP contribution in [0.15, 0.2) is 77.6 Å². The Morgan fingerprint density at radius 1 is 1.03 bits per heavy atom. The minimum atomic E-state index is -4.78. The molecule has 32 heavy (non-hydrogen) atoms. The van der Waals surface area contributed by atoms with Gasteiger partial charge in [-0.15, -0.1) is 13.2 Å². The highest BCUT2D eigenvalue weighted by molar-refractivity contribution is 5.86. The molecule has 166 valence electrons. The van der Waals surface area contributed by atoms with Gasteiger partial charge < -0.3 is 15.0 Å². The van der Waals surface area contributed by atoms with Crippen LogP contribution in [0.25, 0.3) is 16.7 Å². The molecule has 0 bridgehead atoms. The van der Waals surface area contributed by atoms with Gasteiger partial charge in [-0.3, -0.25) is 14.2 Å². The van der Waals surface area contributed by atoms with Crippen molar-refractivity contribution in [3.63, 3.8) is 0 Å². The van der Waals surface area contributed by atoms with Crippen molar-refractivity contribution < 1.29 is 22.7 Å². The number of hydrogen-bond donors (Lipinski definition) is 2. The molecule has 9 heteroatoms. The van der Waals surface area contributed by atoms with Crippen LogP contribution in [0.5, 0.6) is 5.75 Å². The number of aromatic nitrogens is 2. The Balaban J connectivity index is 0.000000269. The number of carbonyl (C=O) groups is 1. The normalized spacial score (nSPS) is 11.0. The summed E-state index contributed by atoms with van der Waals surface area (Å²) in [5.74, 6) is -0.387. The van der Waals surface area contributed by atoms with Crippen molar-refractivity contribution >= 4 is 17.3 Å². The number of aromatic amines is 1. The zero-order chi connectivity index (χ0) is 23.1. The fourth-order valence-corrected chi connectivity index (χ4v) is 3.06. The molecule has 0 amide bonds. The molecule has 6 nitrogen and oxygen atoms in total. The van der Waals surface area contributed by atoms with Crippen molar-refractivity contribution in [2.45, 2.75) is 12.9 Å². The number of nitrogens with one attached hydrogen (secondary N) is 2. The number of ether oxygens (including phenoxy) is 1. The van der Waals surface area contributed by atoms with E-state index in [2.05, 4.69) is 27.2 Å². The van der Waals surface area contributed by atoms with Crippen molar-refractivity contribution in [1.29, 1.82) is 0 Å².